The van der Waals surface area contributed by atoms with Crippen LogP contribution in [0.3, 0.4) is 0 Å². The van der Waals surface area contributed by atoms with Gasteiger partial charge in [-0.1, -0.05) is 29.8 Å². The van der Waals surface area contributed by atoms with E-state index < -0.39 is 10.0 Å². The van der Waals surface area contributed by atoms with Crippen molar-refractivity contribution in [2.45, 2.75) is 23.0 Å². The number of fused-ring (bicyclic) bond motifs is 1. The number of H-pyrrole nitrogens is 1. The van der Waals surface area contributed by atoms with Crippen molar-refractivity contribution in [3.05, 3.63) is 52.5 Å². The fourth-order valence-corrected chi connectivity index (χ4v) is 6.45. The second kappa shape index (κ2) is 6.19. The highest BCUT2D eigenvalue weighted by Gasteiger charge is 2.32. The van der Waals surface area contributed by atoms with Crippen LogP contribution >= 0.6 is 22.9 Å². The van der Waals surface area contributed by atoms with Crippen molar-refractivity contribution in [1.82, 2.24) is 9.29 Å². The summed E-state index contributed by atoms with van der Waals surface area (Å²) >= 11 is 7.02. The summed E-state index contributed by atoms with van der Waals surface area (Å²) < 4.78 is 28.0. The number of piperidine rings is 1. The zero-order chi connectivity index (χ0) is 16.7. The molecule has 1 unspecified atom stereocenters. The molecule has 0 amide bonds. The minimum atomic E-state index is -3.46. The number of hydrogen-bond acceptors (Lipinski definition) is 3. The molecule has 0 spiro atoms. The van der Waals surface area contributed by atoms with E-state index in [2.05, 4.69) is 17.1 Å². The molecule has 4 nitrogen and oxygen atoms in total. The summed E-state index contributed by atoms with van der Waals surface area (Å²) in [6, 6.07) is 13.5. The Morgan fingerprint density at radius 1 is 1.21 bits per heavy atom. The molecule has 0 bridgehead atoms. The quantitative estimate of drug-likeness (QED) is 0.729. The molecule has 126 valence electrons. The summed E-state index contributed by atoms with van der Waals surface area (Å²) in [4.78, 5) is 3.44. The highest BCUT2D eigenvalue weighted by molar-refractivity contribution is 7.91. The van der Waals surface area contributed by atoms with E-state index in [9.17, 15) is 8.42 Å². The first kappa shape index (κ1) is 16.1. The largest absolute Gasteiger partial charge is 0.358 e. The minimum Gasteiger partial charge on any atom is -0.358 e. The molecule has 1 aromatic carbocycles. The Bertz CT molecular complexity index is 944. The van der Waals surface area contributed by atoms with E-state index in [-0.39, 0.29) is 5.92 Å². The Hall–Kier alpha value is -1.34. The van der Waals surface area contributed by atoms with Crippen LogP contribution in [0.15, 0.2) is 46.7 Å². The third kappa shape index (κ3) is 2.88. The van der Waals surface area contributed by atoms with Crippen molar-refractivity contribution in [2.24, 2.45) is 0 Å². The summed E-state index contributed by atoms with van der Waals surface area (Å²) in [6.07, 6.45) is 1.85. The van der Waals surface area contributed by atoms with Gasteiger partial charge in [-0.2, -0.15) is 4.31 Å². The lowest BCUT2D eigenvalue weighted by molar-refractivity contribution is 0.314. The van der Waals surface area contributed by atoms with Crippen LogP contribution in [0, 0.1) is 0 Å². The predicted molar refractivity (Wildman–Crippen MR) is 98.4 cm³/mol. The molecule has 0 saturated carbocycles. The van der Waals surface area contributed by atoms with Gasteiger partial charge in [0.15, 0.2) is 0 Å². The molecule has 2 aromatic heterocycles. The summed E-state index contributed by atoms with van der Waals surface area (Å²) in [7, 11) is -3.46. The Morgan fingerprint density at radius 3 is 2.79 bits per heavy atom. The highest BCUT2D eigenvalue weighted by atomic mass is 35.5. The topological polar surface area (TPSA) is 53.2 Å². The van der Waals surface area contributed by atoms with Crippen molar-refractivity contribution in [2.75, 3.05) is 13.1 Å². The van der Waals surface area contributed by atoms with Crippen molar-refractivity contribution in [3.63, 3.8) is 0 Å². The maximum Gasteiger partial charge on any atom is 0.252 e. The Balaban J connectivity index is 1.61. The molecule has 1 N–H and O–H groups in total. The van der Waals surface area contributed by atoms with E-state index >= 15 is 0 Å². The van der Waals surface area contributed by atoms with E-state index in [4.69, 9.17) is 11.6 Å². The summed E-state index contributed by atoms with van der Waals surface area (Å²) in [5.41, 5.74) is 2.21. The number of halogens is 1. The molecule has 1 aliphatic heterocycles. The molecule has 3 aromatic rings. The Kier molecular flexibility index (Phi) is 4.16. The molecule has 1 atom stereocenters. The molecule has 0 radical (unpaired) electrons. The van der Waals surface area contributed by atoms with E-state index in [1.807, 2.05) is 18.2 Å². The number of nitrogens with zero attached hydrogens (tertiary/aromatic N) is 1. The molecule has 1 aliphatic rings. The molecule has 4 rings (SSSR count). The number of thiophene rings is 1. The first-order valence-corrected chi connectivity index (χ1v) is 10.5. The molecule has 0 aliphatic carbocycles. The molecular weight excluding hydrogens is 364 g/mol. The predicted octanol–water partition coefficient (Wildman–Crippen LogP) is 4.45. The fraction of sp³-hybridized carbons (Fsp3) is 0.294. The van der Waals surface area contributed by atoms with Crippen LogP contribution in [-0.2, 0) is 10.0 Å². The maximum absolute atomic E-state index is 12.8. The van der Waals surface area contributed by atoms with Gasteiger partial charge in [0.2, 0.25) is 0 Å². The van der Waals surface area contributed by atoms with Crippen LogP contribution in [0.4, 0.5) is 0 Å². The van der Waals surface area contributed by atoms with Crippen LogP contribution in [0.25, 0.3) is 10.9 Å². The average Bonchev–Trinajstić information content (AvgIpc) is 3.21. The zero-order valence-corrected chi connectivity index (χ0v) is 15.3. The summed E-state index contributed by atoms with van der Waals surface area (Å²) in [5, 5.41) is 1.16. The lowest BCUT2D eigenvalue weighted by Crippen LogP contribution is -2.38. The van der Waals surface area contributed by atoms with Crippen molar-refractivity contribution in [1.29, 1.82) is 0 Å². The molecule has 1 fully saturated rings. The lowest BCUT2D eigenvalue weighted by atomic mass is 9.96. The van der Waals surface area contributed by atoms with Crippen LogP contribution in [0.5, 0.6) is 0 Å². The van der Waals surface area contributed by atoms with Gasteiger partial charge in [-0.15, -0.1) is 11.3 Å². The maximum atomic E-state index is 12.8. The fourth-order valence-electron chi connectivity index (χ4n) is 3.29. The SMILES string of the molecule is O=S(=O)(c1ccc(Cl)s1)N1CCCC(c2cc3ccccc3[nH]2)C1. The summed E-state index contributed by atoms with van der Waals surface area (Å²) in [5.74, 6) is 0.191. The number of benzene rings is 1. The highest BCUT2D eigenvalue weighted by Crippen LogP contribution is 2.34. The molecule has 24 heavy (non-hydrogen) atoms. The monoisotopic (exact) mass is 380 g/mol. The first-order chi connectivity index (χ1) is 11.5. The number of rotatable bonds is 3. The van der Waals surface area contributed by atoms with E-state index in [0.717, 1.165) is 40.8 Å². The standard InChI is InChI=1S/C17H17ClN2O2S2/c18-16-7-8-17(23-16)24(21,22)20-9-3-5-13(11-20)15-10-12-4-1-2-6-14(12)19-15/h1-2,4,6-8,10,13,19H,3,5,9,11H2. The van der Waals surface area contributed by atoms with Gasteiger partial charge in [0, 0.05) is 30.2 Å². The van der Waals surface area contributed by atoms with Crippen molar-refractivity contribution >= 4 is 43.9 Å². The van der Waals surface area contributed by atoms with Gasteiger partial charge in [0.05, 0.1) is 4.34 Å². The average molecular weight is 381 g/mol. The zero-order valence-electron chi connectivity index (χ0n) is 12.9. The summed E-state index contributed by atoms with van der Waals surface area (Å²) in [6.45, 7) is 1.07. The van der Waals surface area contributed by atoms with E-state index in [0.29, 0.717) is 21.6 Å². The van der Waals surface area contributed by atoms with Gasteiger partial charge in [0.1, 0.15) is 4.21 Å². The van der Waals surface area contributed by atoms with Gasteiger partial charge in [-0.3, -0.25) is 0 Å². The second-order valence-electron chi connectivity index (χ2n) is 6.07. The van der Waals surface area contributed by atoms with Gasteiger partial charge in [-0.25, -0.2) is 8.42 Å². The molecule has 1 saturated heterocycles. The van der Waals surface area contributed by atoms with Gasteiger partial charge in [0.25, 0.3) is 10.0 Å². The van der Waals surface area contributed by atoms with Gasteiger partial charge in [-0.05, 0) is 42.5 Å². The molecule has 3 heterocycles. The molecular formula is C17H17ClN2O2S2. The van der Waals surface area contributed by atoms with Crippen LogP contribution < -0.4 is 0 Å². The van der Waals surface area contributed by atoms with Crippen molar-refractivity contribution in [3.8, 4) is 0 Å². The number of aromatic nitrogens is 1. The van der Waals surface area contributed by atoms with Gasteiger partial charge >= 0.3 is 0 Å². The lowest BCUT2D eigenvalue weighted by Gasteiger charge is -2.31. The van der Waals surface area contributed by atoms with Gasteiger partial charge < -0.3 is 4.98 Å². The second-order valence-corrected chi connectivity index (χ2v) is 9.95. The number of hydrogen-bond donors (Lipinski definition) is 1. The third-order valence-corrected chi connectivity index (χ3v) is 8.08. The number of nitrogens with one attached hydrogen (secondary N) is 1. The Morgan fingerprint density at radius 2 is 2.04 bits per heavy atom. The normalized spacial score (nSPS) is 19.8. The minimum absolute atomic E-state index is 0.191. The first-order valence-electron chi connectivity index (χ1n) is 7.87. The van der Waals surface area contributed by atoms with Crippen LogP contribution in [0.1, 0.15) is 24.5 Å². The number of aromatic amines is 1. The van der Waals surface area contributed by atoms with Crippen LogP contribution in [-0.4, -0.2) is 30.8 Å². The third-order valence-electron chi connectivity index (χ3n) is 4.52. The van der Waals surface area contributed by atoms with Crippen molar-refractivity contribution < 1.29 is 8.42 Å². The van der Waals surface area contributed by atoms with E-state index in [1.54, 1.807) is 16.4 Å². The molecule has 7 heteroatoms. The van der Waals surface area contributed by atoms with E-state index in [1.165, 1.54) is 0 Å². The Labute approximate surface area is 150 Å². The number of para-hydroxylation sites is 1. The number of sulfonamides is 1. The smallest absolute Gasteiger partial charge is 0.252 e. The van der Waals surface area contributed by atoms with Crippen LogP contribution in [0.2, 0.25) is 4.34 Å².